The first-order valence-electron chi connectivity index (χ1n) is 6.79. The fraction of sp³-hybridized carbons (Fsp3) is 0.250. The molecule has 0 saturated heterocycles. The molecule has 0 bridgehead atoms. The van der Waals surface area contributed by atoms with Crippen LogP contribution in [0.1, 0.15) is 21.6 Å². The topological polar surface area (TPSA) is 71.2 Å². The molecular formula is C16H20N4O. The Bertz CT molecular complexity index is 608. The summed E-state index contributed by atoms with van der Waals surface area (Å²) < 4.78 is 0. The Morgan fingerprint density at radius 1 is 1.24 bits per heavy atom. The molecule has 0 aliphatic carbocycles. The summed E-state index contributed by atoms with van der Waals surface area (Å²) in [6, 6.07) is 11.5. The Labute approximate surface area is 124 Å². The van der Waals surface area contributed by atoms with Crippen molar-refractivity contribution in [3.05, 3.63) is 59.4 Å². The number of rotatable bonds is 5. The minimum atomic E-state index is -0.121. The number of nitrogens with one attached hydrogen (secondary N) is 1. The lowest BCUT2D eigenvalue weighted by Gasteiger charge is -2.13. The van der Waals surface area contributed by atoms with Gasteiger partial charge in [0.25, 0.3) is 5.91 Å². The van der Waals surface area contributed by atoms with Gasteiger partial charge in [0.2, 0.25) is 0 Å². The number of hydrogen-bond donors (Lipinski definition) is 2. The maximum atomic E-state index is 12.1. The molecule has 0 atom stereocenters. The third-order valence-electron chi connectivity index (χ3n) is 3.19. The molecule has 0 aliphatic rings. The van der Waals surface area contributed by atoms with E-state index in [1.165, 1.54) is 0 Å². The Kier molecular flexibility index (Phi) is 4.90. The SMILES string of the molecule is CN(C)c1ccc(CNC(=O)c2ccnc(CN)c2)cc1. The standard InChI is InChI=1S/C16H20N4O/c1-20(2)15-5-3-12(4-6-15)11-19-16(21)13-7-8-18-14(9-13)10-17/h3-9H,10-11,17H2,1-2H3,(H,19,21). The van der Waals surface area contributed by atoms with Crippen LogP contribution < -0.4 is 16.0 Å². The van der Waals surface area contributed by atoms with E-state index in [2.05, 4.69) is 10.3 Å². The van der Waals surface area contributed by atoms with Crippen molar-refractivity contribution in [1.29, 1.82) is 0 Å². The molecule has 1 heterocycles. The average molecular weight is 284 g/mol. The minimum Gasteiger partial charge on any atom is -0.378 e. The lowest BCUT2D eigenvalue weighted by atomic mass is 10.1. The van der Waals surface area contributed by atoms with Crippen LogP contribution in [0.4, 0.5) is 5.69 Å². The smallest absolute Gasteiger partial charge is 0.251 e. The summed E-state index contributed by atoms with van der Waals surface area (Å²) in [5, 5.41) is 2.89. The van der Waals surface area contributed by atoms with Gasteiger partial charge in [0, 0.05) is 44.6 Å². The van der Waals surface area contributed by atoms with E-state index in [9.17, 15) is 4.79 Å². The van der Waals surface area contributed by atoms with Gasteiger partial charge in [-0.3, -0.25) is 9.78 Å². The monoisotopic (exact) mass is 284 g/mol. The molecule has 1 amide bonds. The Balaban J connectivity index is 1.97. The summed E-state index contributed by atoms with van der Waals surface area (Å²) in [5.74, 6) is -0.121. The molecule has 110 valence electrons. The van der Waals surface area contributed by atoms with Crippen molar-refractivity contribution >= 4 is 11.6 Å². The van der Waals surface area contributed by atoms with E-state index in [1.54, 1.807) is 18.3 Å². The molecule has 2 aromatic rings. The number of carbonyl (C=O) groups is 1. The molecule has 0 fully saturated rings. The number of carbonyl (C=O) groups excluding carboxylic acids is 1. The number of nitrogens with zero attached hydrogens (tertiary/aromatic N) is 2. The van der Waals surface area contributed by atoms with Crippen molar-refractivity contribution < 1.29 is 4.79 Å². The average Bonchev–Trinajstić information content (AvgIpc) is 2.53. The zero-order valence-electron chi connectivity index (χ0n) is 12.3. The molecule has 0 saturated carbocycles. The van der Waals surface area contributed by atoms with Crippen LogP contribution in [0.2, 0.25) is 0 Å². The quantitative estimate of drug-likeness (QED) is 0.873. The first-order chi connectivity index (χ1) is 10.1. The van der Waals surface area contributed by atoms with Gasteiger partial charge in [-0.1, -0.05) is 12.1 Å². The second-order valence-corrected chi connectivity index (χ2v) is 4.98. The van der Waals surface area contributed by atoms with Crippen molar-refractivity contribution in [3.63, 3.8) is 0 Å². The van der Waals surface area contributed by atoms with Gasteiger partial charge in [-0.2, -0.15) is 0 Å². The van der Waals surface area contributed by atoms with Gasteiger partial charge in [-0.05, 0) is 29.8 Å². The van der Waals surface area contributed by atoms with Crippen LogP contribution >= 0.6 is 0 Å². The van der Waals surface area contributed by atoms with Gasteiger partial charge in [0.1, 0.15) is 0 Å². The largest absolute Gasteiger partial charge is 0.378 e. The van der Waals surface area contributed by atoms with Crippen LogP contribution in [0.15, 0.2) is 42.6 Å². The van der Waals surface area contributed by atoms with Gasteiger partial charge in [0.05, 0.1) is 5.69 Å². The van der Waals surface area contributed by atoms with Crippen molar-refractivity contribution in [2.75, 3.05) is 19.0 Å². The number of pyridine rings is 1. The number of benzene rings is 1. The zero-order valence-corrected chi connectivity index (χ0v) is 12.3. The highest BCUT2D eigenvalue weighted by atomic mass is 16.1. The molecule has 2 rings (SSSR count). The van der Waals surface area contributed by atoms with E-state index in [0.717, 1.165) is 11.3 Å². The van der Waals surface area contributed by atoms with Crippen molar-refractivity contribution in [1.82, 2.24) is 10.3 Å². The van der Waals surface area contributed by atoms with Crippen LogP contribution in [0.25, 0.3) is 0 Å². The summed E-state index contributed by atoms with van der Waals surface area (Å²) in [4.78, 5) is 18.2. The maximum Gasteiger partial charge on any atom is 0.251 e. The third kappa shape index (κ3) is 4.03. The summed E-state index contributed by atoms with van der Waals surface area (Å²) in [5.41, 5.74) is 9.00. The number of nitrogens with two attached hydrogens (primary N) is 1. The maximum absolute atomic E-state index is 12.1. The molecule has 0 aliphatic heterocycles. The van der Waals surface area contributed by atoms with Crippen LogP contribution in [-0.4, -0.2) is 25.0 Å². The molecule has 0 radical (unpaired) electrons. The Morgan fingerprint density at radius 3 is 2.57 bits per heavy atom. The lowest BCUT2D eigenvalue weighted by Crippen LogP contribution is -2.23. The molecule has 0 unspecified atom stereocenters. The molecule has 21 heavy (non-hydrogen) atoms. The van der Waals surface area contributed by atoms with Gasteiger partial charge in [-0.15, -0.1) is 0 Å². The molecule has 5 heteroatoms. The summed E-state index contributed by atoms with van der Waals surface area (Å²) >= 11 is 0. The van der Waals surface area contributed by atoms with E-state index in [0.29, 0.717) is 24.3 Å². The molecular weight excluding hydrogens is 264 g/mol. The predicted molar refractivity (Wildman–Crippen MR) is 84.1 cm³/mol. The fourth-order valence-corrected chi connectivity index (χ4v) is 1.93. The van der Waals surface area contributed by atoms with Crippen molar-refractivity contribution in [3.8, 4) is 0 Å². The van der Waals surface area contributed by atoms with Crippen LogP contribution in [0.3, 0.4) is 0 Å². The number of amides is 1. The Morgan fingerprint density at radius 2 is 1.95 bits per heavy atom. The van der Waals surface area contributed by atoms with E-state index in [1.807, 2.05) is 43.3 Å². The van der Waals surface area contributed by atoms with Gasteiger partial charge in [0.15, 0.2) is 0 Å². The van der Waals surface area contributed by atoms with Crippen molar-refractivity contribution in [2.45, 2.75) is 13.1 Å². The highest BCUT2D eigenvalue weighted by molar-refractivity contribution is 5.94. The van der Waals surface area contributed by atoms with Crippen LogP contribution in [0, 0.1) is 0 Å². The van der Waals surface area contributed by atoms with Gasteiger partial charge >= 0.3 is 0 Å². The number of anilines is 1. The number of hydrogen-bond acceptors (Lipinski definition) is 4. The van der Waals surface area contributed by atoms with E-state index < -0.39 is 0 Å². The van der Waals surface area contributed by atoms with Crippen LogP contribution in [-0.2, 0) is 13.1 Å². The highest BCUT2D eigenvalue weighted by Crippen LogP contribution is 2.12. The molecule has 3 N–H and O–H groups in total. The van der Waals surface area contributed by atoms with E-state index in [4.69, 9.17) is 5.73 Å². The predicted octanol–water partition coefficient (Wildman–Crippen LogP) is 1.54. The van der Waals surface area contributed by atoms with E-state index in [-0.39, 0.29) is 5.91 Å². The summed E-state index contributed by atoms with van der Waals surface area (Å²) in [7, 11) is 3.99. The molecule has 0 spiro atoms. The van der Waals surface area contributed by atoms with Crippen LogP contribution in [0.5, 0.6) is 0 Å². The molecule has 5 nitrogen and oxygen atoms in total. The lowest BCUT2D eigenvalue weighted by molar-refractivity contribution is 0.0950. The number of aromatic nitrogens is 1. The first-order valence-corrected chi connectivity index (χ1v) is 6.79. The first kappa shape index (κ1) is 15.0. The molecule has 1 aromatic heterocycles. The van der Waals surface area contributed by atoms with E-state index >= 15 is 0 Å². The summed E-state index contributed by atoms with van der Waals surface area (Å²) in [6.45, 7) is 0.819. The summed E-state index contributed by atoms with van der Waals surface area (Å²) in [6.07, 6.45) is 1.60. The van der Waals surface area contributed by atoms with Crippen molar-refractivity contribution in [2.24, 2.45) is 5.73 Å². The molecule has 1 aromatic carbocycles. The van der Waals surface area contributed by atoms with Gasteiger partial charge in [-0.25, -0.2) is 0 Å². The van der Waals surface area contributed by atoms with Gasteiger partial charge < -0.3 is 16.0 Å². The Hall–Kier alpha value is -2.40. The zero-order chi connectivity index (χ0) is 15.2. The normalized spacial score (nSPS) is 10.2. The second-order valence-electron chi connectivity index (χ2n) is 4.98. The third-order valence-corrected chi connectivity index (χ3v) is 3.19. The fourth-order valence-electron chi connectivity index (χ4n) is 1.93. The second kappa shape index (κ2) is 6.85. The minimum absolute atomic E-state index is 0.121. The highest BCUT2D eigenvalue weighted by Gasteiger charge is 2.06.